The average Bonchev–Trinajstić information content (AvgIpc) is 2.73. The van der Waals surface area contributed by atoms with Crippen molar-refractivity contribution >= 4 is 15.7 Å². The largest absolute Gasteiger partial charge is 0.370 e. The standard InChI is InChI=1S/C13H21N3O2S/c1-3-14-13-5-4-11(8-15-13)9-16(2)12-6-7-19(17,18)10-12/h4-5,8,12H,3,6-7,9-10H2,1-2H3,(H,14,15). The summed E-state index contributed by atoms with van der Waals surface area (Å²) >= 11 is 0. The molecule has 0 bridgehead atoms. The molecule has 0 saturated carbocycles. The molecule has 2 heterocycles. The van der Waals surface area contributed by atoms with Gasteiger partial charge in [-0.3, -0.25) is 4.90 Å². The van der Waals surface area contributed by atoms with Crippen molar-refractivity contribution in [3.8, 4) is 0 Å². The lowest BCUT2D eigenvalue weighted by Gasteiger charge is -2.22. The Bertz CT molecular complexity index is 513. The third-order valence-corrected chi connectivity index (χ3v) is 5.20. The molecule has 0 aromatic carbocycles. The van der Waals surface area contributed by atoms with Crippen LogP contribution in [0.2, 0.25) is 0 Å². The molecule has 106 valence electrons. The molecule has 1 aliphatic rings. The second-order valence-corrected chi connectivity index (χ2v) is 7.28. The van der Waals surface area contributed by atoms with Gasteiger partial charge in [-0.15, -0.1) is 0 Å². The van der Waals surface area contributed by atoms with Crippen LogP contribution in [0, 0.1) is 0 Å². The van der Waals surface area contributed by atoms with Gasteiger partial charge in [0.25, 0.3) is 0 Å². The highest BCUT2D eigenvalue weighted by molar-refractivity contribution is 7.91. The van der Waals surface area contributed by atoms with E-state index in [0.29, 0.717) is 5.75 Å². The molecule has 1 fully saturated rings. The van der Waals surface area contributed by atoms with Crippen molar-refractivity contribution in [1.29, 1.82) is 0 Å². The van der Waals surface area contributed by atoms with Crippen LogP contribution < -0.4 is 5.32 Å². The van der Waals surface area contributed by atoms with Gasteiger partial charge in [0.2, 0.25) is 0 Å². The van der Waals surface area contributed by atoms with Crippen molar-refractivity contribution < 1.29 is 8.42 Å². The molecule has 1 saturated heterocycles. The normalized spacial score (nSPS) is 21.7. The predicted octanol–water partition coefficient (Wildman–Crippen LogP) is 1.13. The van der Waals surface area contributed by atoms with Crippen molar-refractivity contribution in [1.82, 2.24) is 9.88 Å². The maximum atomic E-state index is 11.5. The molecule has 0 amide bonds. The maximum absolute atomic E-state index is 11.5. The molecule has 1 atom stereocenters. The zero-order chi connectivity index (χ0) is 13.9. The summed E-state index contributed by atoms with van der Waals surface area (Å²) in [5.41, 5.74) is 1.11. The summed E-state index contributed by atoms with van der Waals surface area (Å²) in [6.45, 7) is 3.62. The number of aromatic nitrogens is 1. The molecule has 1 aromatic rings. The van der Waals surface area contributed by atoms with E-state index in [1.165, 1.54) is 0 Å². The van der Waals surface area contributed by atoms with Crippen LogP contribution in [0.3, 0.4) is 0 Å². The molecule has 0 aliphatic carbocycles. The molecule has 5 nitrogen and oxygen atoms in total. The summed E-state index contributed by atoms with van der Waals surface area (Å²) in [7, 11) is -0.838. The Labute approximate surface area is 114 Å². The summed E-state index contributed by atoms with van der Waals surface area (Å²) < 4.78 is 22.9. The first-order valence-electron chi connectivity index (χ1n) is 6.59. The van der Waals surface area contributed by atoms with E-state index < -0.39 is 9.84 Å². The summed E-state index contributed by atoms with van der Waals surface area (Å²) in [6.07, 6.45) is 2.58. The van der Waals surface area contributed by atoms with Crippen molar-refractivity contribution in [2.24, 2.45) is 0 Å². The van der Waals surface area contributed by atoms with Crippen molar-refractivity contribution in [3.05, 3.63) is 23.9 Å². The van der Waals surface area contributed by atoms with Crippen LogP contribution in [-0.2, 0) is 16.4 Å². The van der Waals surface area contributed by atoms with Crippen LogP contribution >= 0.6 is 0 Å². The molecule has 1 N–H and O–H groups in total. The van der Waals surface area contributed by atoms with E-state index in [4.69, 9.17) is 0 Å². The average molecular weight is 283 g/mol. The van der Waals surface area contributed by atoms with Crippen molar-refractivity contribution in [3.63, 3.8) is 0 Å². The summed E-state index contributed by atoms with van der Waals surface area (Å²) in [5, 5.41) is 3.15. The first-order chi connectivity index (χ1) is 9.00. The molecule has 2 rings (SSSR count). The van der Waals surface area contributed by atoms with E-state index >= 15 is 0 Å². The fraction of sp³-hybridized carbons (Fsp3) is 0.615. The van der Waals surface area contributed by atoms with Gasteiger partial charge in [-0.1, -0.05) is 6.07 Å². The van der Waals surface area contributed by atoms with Crippen LogP contribution in [0.15, 0.2) is 18.3 Å². The van der Waals surface area contributed by atoms with Gasteiger partial charge in [-0.2, -0.15) is 0 Å². The molecule has 0 spiro atoms. The topological polar surface area (TPSA) is 62.3 Å². The maximum Gasteiger partial charge on any atom is 0.151 e. The zero-order valence-electron chi connectivity index (χ0n) is 11.5. The van der Waals surface area contributed by atoms with Crippen molar-refractivity contribution in [2.75, 3.05) is 30.4 Å². The number of sulfone groups is 1. The Morgan fingerprint density at radius 1 is 1.47 bits per heavy atom. The molecule has 6 heteroatoms. The van der Waals surface area contributed by atoms with Crippen LogP contribution in [-0.4, -0.2) is 49.4 Å². The second-order valence-electron chi connectivity index (χ2n) is 5.05. The predicted molar refractivity (Wildman–Crippen MR) is 76.9 cm³/mol. The fourth-order valence-electron chi connectivity index (χ4n) is 2.34. The van der Waals surface area contributed by atoms with E-state index in [1.807, 2.05) is 32.3 Å². The fourth-order valence-corrected chi connectivity index (χ4v) is 4.15. The number of anilines is 1. The Hall–Kier alpha value is -1.14. The van der Waals surface area contributed by atoms with Crippen molar-refractivity contribution in [2.45, 2.75) is 25.9 Å². The Morgan fingerprint density at radius 2 is 2.26 bits per heavy atom. The lowest BCUT2D eigenvalue weighted by molar-refractivity contribution is 0.253. The molecule has 19 heavy (non-hydrogen) atoms. The summed E-state index contributed by atoms with van der Waals surface area (Å²) in [4.78, 5) is 6.43. The number of rotatable bonds is 5. The van der Waals surface area contributed by atoms with E-state index in [0.717, 1.165) is 30.9 Å². The Morgan fingerprint density at radius 3 is 2.79 bits per heavy atom. The van der Waals surface area contributed by atoms with Gasteiger partial charge in [0, 0.05) is 25.3 Å². The number of hydrogen-bond donors (Lipinski definition) is 1. The molecule has 1 unspecified atom stereocenters. The highest BCUT2D eigenvalue weighted by Crippen LogP contribution is 2.18. The van der Waals surface area contributed by atoms with Gasteiger partial charge in [-0.25, -0.2) is 13.4 Å². The van der Waals surface area contributed by atoms with Gasteiger partial charge in [0.1, 0.15) is 5.82 Å². The molecule has 0 radical (unpaired) electrons. The van der Waals surface area contributed by atoms with Crippen LogP contribution in [0.4, 0.5) is 5.82 Å². The molecular weight excluding hydrogens is 262 g/mol. The first-order valence-corrected chi connectivity index (χ1v) is 8.42. The molecule has 1 aliphatic heterocycles. The molecule has 1 aromatic heterocycles. The first kappa shape index (κ1) is 14.3. The highest BCUT2D eigenvalue weighted by Gasteiger charge is 2.30. The lowest BCUT2D eigenvalue weighted by atomic mass is 10.2. The number of nitrogens with zero attached hydrogens (tertiary/aromatic N) is 2. The molecular formula is C13H21N3O2S. The Kier molecular flexibility index (Phi) is 4.42. The summed E-state index contributed by atoms with van der Waals surface area (Å²) in [6, 6.07) is 4.13. The number of hydrogen-bond acceptors (Lipinski definition) is 5. The van der Waals surface area contributed by atoms with Gasteiger partial charge < -0.3 is 5.32 Å². The van der Waals surface area contributed by atoms with Crippen LogP contribution in [0.5, 0.6) is 0 Å². The number of pyridine rings is 1. The third kappa shape index (κ3) is 3.91. The van der Waals surface area contributed by atoms with E-state index in [-0.39, 0.29) is 11.8 Å². The zero-order valence-corrected chi connectivity index (χ0v) is 12.3. The summed E-state index contributed by atoms with van der Waals surface area (Å²) in [5.74, 6) is 1.48. The van der Waals surface area contributed by atoms with E-state index in [9.17, 15) is 8.42 Å². The van der Waals surface area contributed by atoms with Crippen LogP contribution in [0.1, 0.15) is 18.9 Å². The van der Waals surface area contributed by atoms with Gasteiger partial charge >= 0.3 is 0 Å². The second kappa shape index (κ2) is 5.88. The van der Waals surface area contributed by atoms with Crippen LogP contribution in [0.25, 0.3) is 0 Å². The van der Waals surface area contributed by atoms with Gasteiger partial charge in [0.05, 0.1) is 11.5 Å². The highest BCUT2D eigenvalue weighted by atomic mass is 32.2. The Balaban J connectivity index is 1.93. The van der Waals surface area contributed by atoms with Gasteiger partial charge in [-0.05, 0) is 32.0 Å². The minimum atomic E-state index is -2.81. The van der Waals surface area contributed by atoms with Gasteiger partial charge in [0.15, 0.2) is 9.84 Å². The minimum absolute atomic E-state index is 0.137. The third-order valence-electron chi connectivity index (χ3n) is 3.45. The van der Waals surface area contributed by atoms with E-state index in [2.05, 4.69) is 15.2 Å². The SMILES string of the molecule is CCNc1ccc(CN(C)C2CCS(=O)(=O)C2)cn1. The number of nitrogens with one attached hydrogen (secondary N) is 1. The minimum Gasteiger partial charge on any atom is -0.370 e. The smallest absolute Gasteiger partial charge is 0.151 e. The quantitative estimate of drug-likeness (QED) is 0.878. The van der Waals surface area contributed by atoms with E-state index in [1.54, 1.807) is 0 Å². The lowest BCUT2D eigenvalue weighted by Crippen LogP contribution is -2.32. The monoisotopic (exact) mass is 283 g/mol.